The summed E-state index contributed by atoms with van der Waals surface area (Å²) in [5.41, 5.74) is 0.336. The molecule has 1 aliphatic heterocycles. The van der Waals surface area contributed by atoms with Crippen molar-refractivity contribution in [1.82, 2.24) is 10.2 Å². The molecule has 0 radical (unpaired) electrons. The molecule has 1 N–H and O–H groups in total. The van der Waals surface area contributed by atoms with Crippen molar-refractivity contribution in [2.75, 3.05) is 43.4 Å². The second-order valence-corrected chi connectivity index (χ2v) is 9.43. The molecule has 0 atom stereocenters. The predicted octanol–water partition coefficient (Wildman–Crippen LogP) is 0.840. The second-order valence-electron chi connectivity index (χ2n) is 7.52. The van der Waals surface area contributed by atoms with E-state index >= 15 is 0 Å². The maximum Gasteiger partial charge on any atom is 0.254 e. The number of benzene rings is 1. The molecule has 1 saturated heterocycles. The third kappa shape index (κ3) is 6.21. The van der Waals surface area contributed by atoms with Gasteiger partial charge >= 0.3 is 0 Å². The topological polar surface area (TPSA) is 96.0 Å². The molecule has 2 amide bonds. The van der Waals surface area contributed by atoms with E-state index in [1.54, 1.807) is 29.2 Å². The summed E-state index contributed by atoms with van der Waals surface area (Å²) in [5.74, 6) is -0.525. The number of anilines is 1. The van der Waals surface area contributed by atoms with Crippen LogP contribution in [0.5, 0.6) is 0 Å². The van der Waals surface area contributed by atoms with Crippen LogP contribution in [0.25, 0.3) is 0 Å². The van der Waals surface area contributed by atoms with Gasteiger partial charge in [-0.1, -0.05) is 0 Å². The van der Waals surface area contributed by atoms with E-state index in [0.717, 1.165) is 10.6 Å². The molecule has 0 bridgehead atoms. The van der Waals surface area contributed by atoms with Crippen molar-refractivity contribution in [3.8, 4) is 0 Å². The number of carbonyl (C=O) groups excluding carboxylic acids is 2. The quantitative estimate of drug-likeness (QED) is 0.794. The van der Waals surface area contributed by atoms with E-state index in [2.05, 4.69) is 5.32 Å². The van der Waals surface area contributed by atoms with Crippen LogP contribution in [-0.2, 0) is 19.6 Å². The van der Waals surface area contributed by atoms with E-state index in [-0.39, 0.29) is 12.5 Å². The summed E-state index contributed by atoms with van der Waals surface area (Å²) in [6, 6.07) is 6.23. The largest absolute Gasteiger partial charge is 0.378 e. The fourth-order valence-electron chi connectivity index (χ4n) is 2.71. The minimum Gasteiger partial charge on any atom is -0.378 e. The minimum absolute atomic E-state index is 0.124. The highest BCUT2D eigenvalue weighted by molar-refractivity contribution is 7.92. The lowest BCUT2D eigenvalue weighted by atomic mass is 10.1. The fourth-order valence-corrected chi connectivity index (χ4v) is 3.56. The Morgan fingerprint density at radius 3 is 2.19 bits per heavy atom. The van der Waals surface area contributed by atoms with Gasteiger partial charge in [0.05, 0.1) is 25.2 Å². The molecule has 150 valence electrons. The summed E-state index contributed by atoms with van der Waals surface area (Å²) in [6.45, 7) is 7.22. The first-order chi connectivity index (χ1) is 12.5. The van der Waals surface area contributed by atoms with E-state index in [9.17, 15) is 18.0 Å². The highest BCUT2D eigenvalue weighted by Gasteiger charge is 2.24. The Hall–Kier alpha value is -2.13. The molecule has 2 rings (SSSR count). The van der Waals surface area contributed by atoms with E-state index in [0.29, 0.717) is 37.6 Å². The molecule has 1 aromatic carbocycles. The zero-order chi connectivity index (χ0) is 20.2. The summed E-state index contributed by atoms with van der Waals surface area (Å²) in [4.78, 5) is 26.4. The zero-order valence-corrected chi connectivity index (χ0v) is 17.0. The van der Waals surface area contributed by atoms with Crippen LogP contribution in [0.1, 0.15) is 31.1 Å². The first-order valence-corrected chi connectivity index (χ1v) is 10.6. The molecule has 9 heteroatoms. The van der Waals surface area contributed by atoms with Gasteiger partial charge in [0.2, 0.25) is 15.9 Å². The third-order valence-electron chi connectivity index (χ3n) is 3.90. The number of ether oxygens (including phenoxy) is 1. The number of amides is 2. The molecule has 1 heterocycles. The summed E-state index contributed by atoms with van der Waals surface area (Å²) >= 11 is 0. The number of sulfonamides is 1. The number of nitrogens with zero attached hydrogens (tertiary/aromatic N) is 2. The monoisotopic (exact) mass is 397 g/mol. The van der Waals surface area contributed by atoms with Crippen LogP contribution in [0.3, 0.4) is 0 Å². The van der Waals surface area contributed by atoms with Crippen molar-refractivity contribution in [3.63, 3.8) is 0 Å². The van der Waals surface area contributed by atoms with Gasteiger partial charge in [-0.25, -0.2) is 8.42 Å². The van der Waals surface area contributed by atoms with Gasteiger partial charge in [0.1, 0.15) is 6.54 Å². The standard InChI is InChI=1S/C18H27N3O5S/c1-18(2,3)19-16(22)13-21(27(4,24)25)15-7-5-14(6-8-15)17(23)20-9-11-26-12-10-20/h5-8H,9-13H2,1-4H3,(H,19,22). The van der Waals surface area contributed by atoms with Crippen molar-refractivity contribution in [2.45, 2.75) is 26.3 Å². The van der Waals surface area contributed by atoms with Crippen LogP contribution in [0, 0.1) is 0 Å². The van der Waals surface area contributed by atoms with Gasteiger partial charge in [0.25, 0.3) is 5.91 Å². The number of hydrogen-bond donors (Lipinski definition) is 1. The van der Waals surface area contributed by atoms with Gasteiger partial charge in [-0.2, -0.15) is 0 Å². The van der Waals surface area contributed by atoms with Crippen molar-refractivity contribution < 1.29 is 22.7 Å². The number of nitrogens with one attached hydrogen (secondary N) is 1. The summed E-state index contributed by atoms with van der Waals surface area (Å²) in [6.07, 6.45) is 1.05. The van der Waals surface area contributed by atoms with Gasteiger partial charge in [-0.15, -0.1) is 0 Å². The van der Waals surface area contributed by atoms with Crippen LogP contribution in [0.2, 0.25) is 0 Å². The molecule has 0 aromatic heterocycles. The average molecular weight is 397 g/mol. The van der Waals surface area contributed by atoms with Crippen LogP contribution < -0.4 is 9.62 Å². The Bertz CT molecular complexity index is 778. The SMILES string of the molecule is CC(C)(C)NC(=O)CN(c1ccc(C(=O)N2CCOCC2)cc1)S(C)(=O)=O. The van der Waals surface area contributed by atoms with Crippen molar-refractivity contribution in [1.29, 1.82) is 0 Å². The molecule has 0 unspecified atom stereocenters. The lowest BCUT2D eigenvalue weighted by molar-refractivity contribution is -0.121. The number of carbonyl (C=O) groups is 2. The van der Waals surface area contributed by atoms with Crippen molar-refractivity contribution in [3.05, 3.63) is 29.8 Å². The molecule has 1 aliphatic rings. The van der Waals surface area contributed by atoms with Gasteiger partial charge in [0.15, 0.2) is 0 Å². The molecule has 1 aromatic rings. The molecule has 27 heavy (non-hydrogen) atoms. The molecule has 1 fully saturated rings. The number of rotatable bonds is 5. The minimum atomic E-state index is -3.66. The summed E-state index contributed by atoms with van der Waals surface area (Å²) in [5, 5.41) is 2.75. The van der Waals surface area contributed by atoms with Crippen molar-refractivity contribution in [2.24, 2.45) is 0 Å². The molecule has 8 nitrogen and oxygen atoms in total. The third-order valence-corrected chi connectivity index (χ3v) is 5.04. The van der Waals surface area contributed by atoms with Gasteiger partial charge < -0.3 is 15.0 Å². The first-order valence-electron chi connectivity index (χ1n) is 8.73. The predicted molar refractivity (Wildman–Crippen MR) is 103 cm³/mol. The van der Waals surface area contributed by atoms with E-state index < -0.39 is 21.5 Å². The average Bonchev–Trinajstić information content (AvgIpc) is 2.57. The highest BCUT2D eigenvalue weighted by atomic mass is 32.2. The van der Waals surface area contributed by atoms with E-state index in [4.69, 9.17) is 4.74 Å². The second kappa shape index (κ2) is 8.26. The Morgan fingerprint density at radius 1 is 1.15 bits per heavy atom. The zero-order valence-electron chi connectivity index (χ0n) is 16.2. The molecule has 0 saturated carbocycles. The van der Waals surface area contributed by atoms with Crippen LogP contribution in [-0.4, -0.2) is 69.8 Å². The maximum atomic E-state index is 12.5. The van der Waals surface area contributed by atoms with Crippen LogP contribution in [0.4, 0.5) is 5.69 Å². The summed E-state index contributed by atoms with van der Waals surface area (Å²) < 4.78 is 30.6. The van der Waals surface area contributed by atoms with Gasteiger partial charge in [-0.05, 0) is 45.0 Å². The van der Waals surface area contributed by atoms with Crippen LogP contribution in [0.15, 0.2) is 24.3 Å². The fraction of sp³-hybridized carbons (Fsp3) is 0.556. The Morgan fingerprint density at radius 2 is 1.70 bits per heavy atom. The Kier molecular flexibility index (Phi) is 6.48. The smallest absolute Gasteiger partial charge is 0.254 e. The molecular formula is C18H27N3O5S. The molecular weight excluding hydrogens is 370 g/mol. The Balaban J connectivity index is 2.17. The first kappa shape index (κ1) is 21.2. The van der Waals surface area contributed by atoms with E-state index in [1.807, 2.05) is 20.8 Å². The van der Waals surface area contributed by atoms with E-state index in [1.165, 1.54) is 0 Å². The normalized spacial score (nSPS) is 15.3. The molecule has 0 spiro atoms. The molecule has 0 aliphatic carbocycles. The lowest BCUT2D eigenvalue weighted by Gasteiger charge is -2.27. The lowest BCUT2D eigenvalue weighted by Crippen LogP contribution is -2.47. The number of morpholine rings is 1. The Labute approximate surface area is 160 Å². The maximum absolute atomic E-state index is 12.5. The highest BCUT2D eigenvalue weighted by Crippen LogP contribution is 2.19. The van der Waals surface area contributed by atoms with Gasteiger partial charge in [0, 0.05) is 24.2 Å². The number of hydrogen-bond acceptors (Lipinski definition) is 5. The van der Waals surface area contributed by atoms with Gasteiger partial charge in [-0.3, -0.25) is 13.9 Å². The summed E-state index contributed by atoms with van der Waals surface area (Å²) in [7, 11) is -3.66. The van der Waals surface area contributed by atoms with Crippen molar-refractivity contribution >= 4 is 27.5 Å². The van der Waals surface area contributed by atoms with Crippen LogP contribution >= 0.6 is 0 Å².